The summed E-state index contributed by atoms with van der Waals surface area (Å²) in [6.07, 6.45) is -2.56. The zero-order valence-electron chi connectivity index (χ0n) is 10.4. The van der Waals surface area contributed by atoms with Gasteiger partial charge in [-0.2, -0.15) is 4.98 Å². The average Bonchev–Trinajstić information content (AvgIpc) is 2.63. The maximum atomic E-state index is 11.8. The highest BCUT2D eigenvalue weighted by atomic mass is 35.5. The number of aliphatic hydroxyl groups is 2. The number of aromatic nitrogens is 3. The third-order valence-corrected chi connectivity index (χ3v) is 3.45. The molecule has 0 aliphatic carbocycles. The molecule has 1 unspecified atom stereocenters. The summed E-state index contributed by atoms with van der Waals surface area (Å²) in [6, 6.07) is 0. The van der Waals surface area contributed by atoms with Gasteiger partial charge in [0.25, 0.3) is 0 Å². The average molecular weight is 302 g/mol. The number of hydrogen-bond donors (Lipinski definition) is 3. The van der Waals surface area contributed by atoms with Crippen LogP contribution < -0.4 is 11.4 Å². The monoisotopic (exact) mass is 301 g/mol. The van der Waals surface area contributed by atoms with E-state index in [1.165, 1.54) is 6.92 Å². The molecular formula is C11H12ClN3O5. The first-order valence-electron chi connectivity index (χ1n) is 5.68. The molecule has 1 aliphatic heterocycles. The second-order valence-electron chi connectivity index (χ2n) is 4.18. The fourth-order valence-electron chi connectivity index (χ4n) is 2.02. The molecular weight excluding hydrogens is 290 g/mol. The van der Waals surface area contributed by atoms with Gasteiger partial charge in [-0.1, -0.05) is 17.5 Å². The molecule has 0 saturated carbocycles. The van der Waals surface area contributed by atoms with Gasteiger partial charge in [-0.05, 0) is 6.92 Å². The summed E-state index contributed by atoms with van der Waals surface area (Å²) in [6.45, 7) is 1.01. The number of aliphatic hydroxyl groups excluding tert-OH is 2. The summed E-state index contributed by atoms with van der Waals surface area (Å²) in [4.78, 5) is 26.4. The number of nitrogens with zero attached hydrogens (tertiary/aromatic N) is 2. The van der Waals surface area contributed by atoms with E-state index < -0.39 is 41.3 Å². The summed E-state index contributed by atoms with van der Waals surface area (Å²) in [5.74, 6) is 5.12. The highest BCUT2D eigenvalue weighted by Gasteiger charge is 2.55. The minimum atomic E-state index is -1.63. The molecule has 0 spiro atoms. The first kappa shape index (κ1) is 14.7. The molecule has 20 heavy (non-hydrogen) atoms. The van der Waals surface area contributed by atoms with Crippen molar-refractivity contribution in [3.8, 4) is 11.8 Å². The number of nitrogens with one attached hydrogen (secondary N) is 1. The largest absolute Gasteiger partial charge is 0.394 e. The lowest BCUT2D eigenvalue weighted by atomic mass is 9.99. The SMILES string of the molecule is CC#C[C@@]1(Cl)C(O)[C@@H](CO)O[C@H]1n1cnc(=O)[nH]c1=O. The van der Waals surface area contributed by atoms with E-state index in [0.29, 0.717) is 0 Å². The Kier molecular flexibility index (Phi) is 3.96. The third kappa shape index (κ3) is 2.25. The minimum Gasteiger partial charge on any atom is -0.394 e. The fourth-order valence-corrected chi connectivity index (χ4v) is 2.41. The van der Waals surface area contributed by atoms with Gasteiger partial charge in [0.15, 0.2) is 11.1 Å². The van der Waals surface area contributed by atoms with E-state index in [0.717, 1.165) is 10.9 Å². The van der Waals surface area contributed by atoms with Gasteiger partial charge in [0, 0.05) is 0 Å². The number of aromatic amines is 1. The quantitative estimate of drug-likeness (QED) is 0.437. The molecule has 1 saturated heterocycles. The molecule has 0 amide bonds. The van der Waals surface area contributed by atoms with Gasteiger partial charge in [0.05, 0.1) is 6.61 Å². The number of alkyl halides is 1. The highest BCUT2D eigenvalue weighted by molar-refractivity contribution is 6.27. The van der Waals surface area contributed by atoms with E-state index in [2.05, 4.69) is 16.8 Å². The molecule has 0 bridgehead atoms. The molecule has 2 heterocycles. The molecule has 0 radical (unpaired) electrons. The Morgan fingerprint density at radius 2 is 2.35 bits per heavy atom. The smallest absolute Gasteiger partial charge is 0.350 e. The van der Waals surface area contributed by atoms with Gasteiger partial charge < -0.3 is 14.9 Å². The van der Waals surface area contributed by atoms with Gasteiger partial charge in [-0.25, -0.2) is 9.59 Å². The van der Waals surface area contributed by atoms with E-state index in [1.54, 1.807) is 0 Å². The number of H-pyrrole nitrogens is 1. The van der Waals surface area contributed by atoms with Crippen molar-refractivity contribution in [3.05, 3.63) is 27.3 Å². The molecule has 1 aromatic heterocycles. The van der Waals surface area contributed by atoms with Crippen LogP contribution in [0.25, 0.3) is 0 Å². The van der Waals surface area contributed by atoms with Crippen LogP contribution in [0.15, 0.2) is 15.9 Å². The van der Waals surface area contributed by atoms with Crippen LogP contribution in [0.2, 0.25) is 0 Å². The minimum absolute atomic E-state index is 0.497. The van der Waals surface area contributed by atoms with Gasteiger partial charge in [-0.3, -0.25) is 9.55 Å². The van der Waals surface area contributed by atoms with E-state index in [1.807, 2.05) is 4.98 Å². The van der Waals surface area contributed by atoms with Crippen LogP contribution in [-0.2, 0) is 4.74 Å². The van der Waals surface area contributed by atoms with Crippen LogP contribution in [0.1, 0.15) is 13.2 Å². The summed E-state index contributed by atoms with van der Waals surface area (Å²) in [5, 5.41) is 19.3. The van der Waals surface area contributed by atoms with Crippen LogP contribution in [0.3, 0.4) is 0 Å². The topological polar surface area (TPSA) is 117 Å². The summed E-state index contributed by atoms with van der Waals surface area (Å²) in [5.41, 5.74) is -1.62. The van der Waals surface area contributed by atoms with Crippen molar-refractivity contribution in [2.24, 2.45) is 0 Å². The first-order chi connectivity index (χ1) is 9.43. The van der Waals surface area contributed by atoms with Crippen molar-refractivity contribution in [1.29, 1.82) is 0 Å². The Morgan fingerprint density at radius 3 is 2.90 bits per heavy atom. The molecule has 0 aromatic carbocycles. The predicted molar refractivity (Wildman–Crippen MR) is 68.2 cm³/mol. The summed E-state index contributed by atoms with van der Waals surface area (Å²) < 4.78 is 6.28. The molecule has 1 fully saturated rings. The lowest BCUT2D eigenvalue weighted by Crippen LogP contribution is -2.44. The van der Waals surface area contributed by atoms with Crippen molar-refractivity contribution in [1.82, 2.24) is 14.5 Å². The zero-order valence-corrected chi connectivity index (χ0v) is 11.2. The second-order valence-corrected chi connectivity index (χ2v) is 4.81. The molecule has 2 rings (SSSR count). The standard InChI is InChI=1S/C11H12ClN3O5/c1-2-3-11(12)7(17)6(4-16)20-8(11)15-5-13-9(18)14-10(15)19/h5-8,16-17H,4H2,1H3,(H,14,18,19)/t6-,7?,8-,11-/m1/s1. The van der Waals surface area contributed by atoms with E-state index >= 15 is 0 Å². The lowest BCUT2D eigenvalue weighted by Gasteiger charge is -2.25. The van der Waals surface area contributed by atoms with Crippen LogP contribution in [-0.4, -0.2) is 48.4 Å². The van der Waals surface area contributed by atoms with Gasteiger partial charge >= 0.3 is 11.4 Å². The van der Waals surface area contributed by atoms with Crippen molar-refractivity contribution in [2.75, 3.05) is 6.61 Å². The molecule has 3 N–H and O–H groups in total. The van der Waals surface area contributed by atoms with E-state index in [9.17, 15) is 14.7 Å². The van der Waals surface area contributed by atoms with E-state index in [-0.39, 0.29) is 0 Å². The second kappa shape index (κ2) is 5.38. The molecule has 4 atom stereocenters. The van der Waals surface area contributed by atoms with Gasteiger partial charge in [0.1, 0.15) is 18.5 Å². The molecule has 108 valence electrons. The van der Waals surface area contributed by atoms with Crippen LogP contribution >= 0.6 is 11.6 Å². The van der Waals surface area contributed by atoms with E-state index in [4.69, 9.17) is 21.4 Å². The fraction of sp³-hybridized carbons (Fsp3) is 0.545. The summed E-state index contributed by atoms with van der Waals surface area (Å²) in [7, 11) is 0. The maximum absolute atomic E-state index is 11.8. The Bertz CT molecular complexity index is 675. The molecule has 9 heteroatoms. The lowest BCUT2D eigenvalue weighted by molar-refractivity contribution is -0.0468. The Balaban J connectivity index is 2.55. The zero-order chi connectivity index (χ0) is 14.9. The maximum Gasteiger partial charge on any atom is 0.350 e. The van der Waals surface area contributed by atoms with Crippen molar-refractivity contribution in [3.63, 3.8) is 0 Å². The normalized spacial score (nSPS) is 32.7. The van der Waals surface area contributed by atoms with Crippen molar-refractivity contribution < 1.29 is 14.9 Å². The Hall–Kier alpha value is -1.66. The molecule has 8 nitrogen and oxygen atoms in total. The van der Waals surface area contributed by atoms with Gasteiger partial charge in [0.2, 0.25) is 0 Å². The first-order valence-corrected chi connectivity index (χ1v) is 6.06. The molecule has 1 aromatic rings. The highest BCUT2D eigenvalue weighted by Crippen LogP contribution is 2.42. The van der Waals surface area contributed by atoms with Crippen molar-refractivity contribution in [2.45, 2.75) is 30.2 Å². The number of rotatable bonds is 2. The number of hydrogen-bond acceptors (Lipinski definition) is 6. The van der Waals surface area contributed by atoms with Crippen LogP contribution in [0.5, 0.6) is 0 Å². The van der Waals surface area contributed by atoms with Crippen LogP contribution in [0.4, 0.5) is 0 Å². The van der Waals surface area contributed by atoms with Gasteiger partial charge in [-0.15, -0.1) is 5.92 Å². The summed E-state index contributed by atoms with van der Waals surface area (Å²) >= 11 is 6.27. The number of halogens is 1. The molecule has 1 aliphatic rings. The predicted octanol–water partition coefficient (Wildman–Crippen LogP) is -1.82. The number of ether oxygens (including phenoxy) is 1. The van der Waals surface area contributed by atoms with Crippen LogP contribution in [0, 0.1) is 11.8 Å². The van der Waals surface area contributed by atoms with Crippen molar-refractivity contribution >= 4 is 11.6 Å². The third-order valence-electron chi connectivity index (χ3n) is 2.94. The Morgan fingerprint density at radius 1 is 1.65 bits per heavy atom. The Labute approximate surface area is 118 Å².